The molecular weight excluding hydrogens is 342 g/mol. The number of rotatable bonds is 4. The normalized spacial score (nSPS) is 16.8. The van der Waals surface area contributed by atoms with Crippen molar-refractivity contribution in [3.05, 3.63) is 52.0 Å². The van der Waals surface area contributed by atoms with Gasteiger partial charge in [0.2, 0.25) is 0 Å². The van der Waals surface area contributed by atoms with E-state index in [2.05, 4.69) is 12.2 Å². The standard InChI is InChI=1S/C22H23NO4/c1-3-13-9-10-17-15(11-13)16(21(24)23-17)12-19-20(22(25)26-4-2)14-7-5-6-8-18(14)27-19/h9-12H,3-8H2,1-2H3,(H,23,24). The number of aryl methyl sites for hydroxylation is 2. The third-order valence-corrected chi connectivity index (χ3v) is 5.23. The summed E-state index contributed by atoms with van der Waals surface area (Å²) >= 11 is 0. The predicted molar refractivity (Wildman–Crippen MR) is 104 cm³/mol. The average molecular weight is 365 g/mol. The van der Waals surface area contributed by atoms with Gasteiger partial charge < -0.3 is 14.5 Å². The second-order valence-electron chi connectivity index (χ2n) is 6.92. The van der Waals surface area contributed by atoms with Crippen molar-refractivity contribution in [3.63, 3.8) is 0 Å². The van der Waals surface area contributed by atoms with Gasteiger partial charge >= 0.3 is 5.97 Å². The fourth-order valence-electron chi connectivity index (χ4n) is 3.85. The molecule has 0 saturated heterocycles. The third kappa shape index (κ3) is 3.07. The summed E-state index contributed by atoms with van der Waals surface area (Å²) in [6, 6.07) is 5.95. The molecule has 5 heteroatoms. The van der Waals surface area contributed by atoms with Gasteiger partial charge in [-0.25, -0.2) is 4.79 Å². The van der Waals surface area contributed by atoms with E-state index >= 15 is 0 Å². The Morgan fingerprint density at radius 1 is 1.26 bits per heavy atom. The Hall–Kier alpha value is -2.82. The molecule has 0 bridgehead atoms. The Morgan fingerprint density at radius 2 is 2.07 bits per heavy atom. The lowest BCUT2D eigenvalue weighted by atomic mass is 9.94. The summed E-state index contributed by atoms with van der Waals surface area (Å²) in [4.78, 5) is 25.1. The van der Waals surface area contributed by atoms with E-state index in [0.29, 0.717) is 23.5 Å². The number of hydrogen-bond acceptors (Lipinski definition) is 4. The first kappa shape index (κ1) is 17.6. The first-order chi connectivity index (χ1) is 13.1. The molecule has 2 heterocycles. The van der Waals surface area contributed by atoms with Gasteiger partial charge in [-0.3, -0.25) is 4.79 Å². The fraction of sp³-hybridized carbons (Fsp3) is 0.364. The summed E-state index contributed by atoms with van der Waals surface area (Å²) in [5.74, 6) is 0.719. The molecule has 27 heavy (non-hydrogen) atoms. The SMILES string of the molecule is CCOC(=O)c1c(C=C2C(=O)Nc3ccc(CC)cc32)oc2c1CCCC2. The Morgan fingerprint density at radius 3 is 2.85 bits per heavy atom. The number of hydrogen-bond donors (Lipinski definition) is 1. The molecule has 0 radical (unpaired) electrons. The fourth-order valence-corrected chi connectivity index (χ4v) is 3.85. The molecule has 0 atom stereocenters. The number of nitrogens with one attached hydrogen (secondary N) is 1. The van der Waals surface area contributed by atoms with Gasteiger partial charge in [0.05, 0.1) is 12.2 Å². The first-order valence-corrected chi connectivity index (χ1v) is 9.60. The maximum absolute atomic E-state index is 12.6. The van der Waals surface area contributed by atoms with Gasteiger partial charge in [0.15, 0.2) is 0 Å². The third-order valence-electron chi connectivity index (χ3n) is 5.23. The number of fused-ring (bicyclic) bond motifs is 2. The molecule has 1 aromatic carbocycles. The minimum Gasteiger partial charge on any atom is -0.462 e. The molecule has 0 saturated carbocycles. The van der Waals surface area contributed by atoms with Crippen molar-refractivity contribution in [2.75, 3.05) is 11.9 Å². The summed E-state index contributed by atoms with van der Waals surface area (Å²) in [6.07, 6.45) is 6.27. The van der Waals surface area contributed by atoms with Crippen molar-refractivity contribution >= 4 is 29.2 Å². The minimum atomic E-state index is -0.378. The van der Waals surface area contributed by atoms with Crippen LogP contribution in [0, 0.1) is 0 Å². The van der Waals surface area contributed by atoms with Crippen LogP contribution in [0.4, 0.5) is 5.69 Å². The molecule has 5 nitrogen and oxygen atoms in total. The summed E-state index contributed by atoms with van der Waals surface area (Å²) < 4.78 is 11.3. The second-order valence-corrected chi connectivity index (χ2v) is 6.92. The summed E-state index contributed by atoms with van der Waals surface area (Å²) in [5.41, 5.74) is 4.73. The van der Waals surface area contributed by atoms with Crippen LogP contribution in [0.1, 0.15) is 65.3 Å². The molecule has 4 rings (SSSR count). The molecule has 140 valence electrons. The van der Waals surface area contributed by atoms with Crippen LogP contribution in [-0.2, 0) is 28.8 Å². The van der Waals surface area contributed by atoms with Crippen molar-refractivity contribution in [2.24, 2.45) is 0 Å². The molecule has 1 N–H and O–H groups in total. The van der Waals surface area contributed by atoms with Crippen LogP contribution in [0.5, 0.6) is 0 Å². The van der Waals surface area contributed by atoms with E-state index in [1.54, 1.807) is 13.0 Å². The Bertz CT molecular complexity index is 951. The van der Waals surface area contributed by atoms with E-state index < -0.39 is 0 Å². The van der Waals surface area contributed by atoms with E-state index in [4.69, 9.17) is 9.15 Å². The number of furan rings is 1. The minimum absolute atomic E-state index is 0.178. The van der Waals surface area contributed by atoms with Gasteiger partial charge in [-0.15, -0.1) is 0 Å². The van der Waals surface area contributed by atoms with Crippen molar-refractivity contribution in [1.82, 2.24) is 0 Å². The lowest BCUT2D eigenvalue weighted by Gasteiger charge is -2.10. The van der Waals surface area contributed by atoms with Crippen molar-refractivity contribution in [1.29, 1.82) is 0 Å². The topological polar surface area (TPSA) is 68.5 Å². The summed E-state index contributed by atoms with van der Waals surface area (Å²) in [5, 5.41) is 2.89. The molecule has 2 aliphatic rings. The van der Waals surface area contributed by atoms with E-state index in [1.165, 1.54) is 0 Å². The zero-order valence-corrected chi connectivity index (χ0v) is 15.7. The van der Waals surface area contributed by atoms with Gasteiger partial charge in [0, 0.05) is 23.2 Å². The zero-order chi connectivity index (χ0) is 19.0. The molecule has 1 aliphatic heterocycles. The van der Waals surface area contributed by atoms with E-state index in [0.717, 1.165) is 60.2 Å². The summed E-state index contributed by atoms with van der Waals surface area (Å²) in [6.45, 7) is 4.17. The number of carbonyl (C=O) groups is 2. The summed E-state index contributed by atoms with van der Waals surface area (Å²) in [7, 11) is 0. The van der Waals surface area contributed by atoms with Gasteiger partial charge in [0.1, 0.15) is 17.1 Å². The predicted octanol–water partition coefficient (Wildman–Crippen LogP) is 4.39. The quantitative estimate of drug-likeness (QED) is 0.644. The highest BCUT2D eigenvalue weighted by molar-refractivity contribution is 6.35. The number of esters is 1. The number of amides is 1. The highest BCUT2D eigenvalue weighted by Gasteiger charge is 2.30. The van der Waals surface area contributed by atoms with E-state index in [1.807, 2.05) is 18.2 Å². The molecule has 1 amide bonds. The Kier molecular flexibility index (Phi) is 4.60. The molecule has 0 spiro atoms. The van der Waals surface area contributed by atoms with Crippen LogP contribution in [0.15, 0.2) is 22.6 Å². The molecule has 1 aromatic heterocycles. The van der Waals surface area contributed by atoms with Crippen LogP contribution >= 0.6 is 0 Å². The van der Waals surface area contributed by atoms with Crippen LogP contribution in [0.25, 0.3) is 11.6 Å². The molecule has 0 unspecified atom stereocenters. The van der Waals surface area contributed by atoms with Gasteiger partial charge in [-0.2, -0.15) is 0 Å². The van der Waals surface area contributed by atoms with Gasteiger partial charge in [0.25, 0.3) is 5.91 Å². The Labute approximate surface area is 158 Å². The van der Waals surface area contributed by atoms with Crippen LogP contribution < -0.4 is 5.32 Å². The Balaban J connectivity index is 1.84. The van der Waals surface area contributed by atoms with Crippen LogP contribution in [-0.4, -0.2) is 18.5 Å². The number of anilines is 1. The molecule has 2 aromatic rings. The van der Waals surface area contributed by atoms with Crippen molar-refractivity contribution in [3.8, 4) is 0 Å². The highest BCUT2D eigenvalue weighted by Crippen LogP contribution is 2.37. The lowest BCUT2D eigenvalue weighted by molar-refractivity contribution is -0.110. The number of ether oxygens (including phenoxy) is 1. The molecule has 0 fully saturated rings. The van der Waals surface area contributed by atoms with Gasteiger partial charge in [-0.1, -0.05) is 13.0 Å². The average Bonchev–Trinajstić information content (AvgIpc) is 3.19. The lowest BCUT2D eigenvalue weighted by Crippen LogP contribution is -2.10. The first-order valence-electron chi connectivity index (χ1n) is 9.60. The maximum Gasteiger partial charge on any atom is 0.342 e. The van der Waals surface area contributed by atoms with Crippen molar-refractivity contribution < 1.29 is 18.7 Å². The van der Waals surface area contributed by atoms with E-state index in [-0.39, 0.29) is 11.9 Å². The van der Waals surface area contributed by atoms with Crippen molar-refractivity contribution in [2.45, 2.75) is 46.0 Å². The monoisotopic (exact) mass is 365 g/mol. The van der Waals surface area contributed by atoms with Crippen LogP contribution in [0.3, 0.4) is 0 Å². The molecular formula is C22H23NO4. The van der Waals surface area contributed by atoms with E-state index in [9.17, 15) is 9.59 Å². The maximum atomic E-state index is 12.6. The number of carbonyl (C=O) groups excluding carboxylic acids is 2. The molecule has 1 aliphatic carbocycles. The van der Waals surface area contributed by atoms with Gasteiger partial charge in [-0.05, 0) is 56.4 Å². The number of benzene rings is 1. The zero-order valence-electron chi connectivity index (χ0n) is 15.7. The smallest absolute Gasteiger partial charge is 0.342 e. The van der Waals surface area contributed by atoms with Crippen LogP contribution in [0.2, 0.25) is 0 Å². The largest absolute Gasteiger partial charge is 0.462 e. The highest BCUT2D eigenvalue weighted by atomic mass is 16.5. The second kappa shape index (κ2) is 7.06.